The number of ether oxygens (including phenoxy) is 1. The number of piperidine rings is 1. The lowest BCUT2D eigenvalue weighted by molar-refractivity contribution is -0.120. The molecule has 0 saturated carbocycles. The SMILES string of the molecule is CCCCc1ccc(NC(=O)C2CCN(S(=O)(=O)c3ccc(OCC)c(Cl)c3)CC2)cc1. The van der Waals surface area contributed by atoms with Crippen molar-refractivity contribution < 1.29 is 17.9 Å². The fraction of sp³-hybridized carbons (Fsp3) is 0.458. The fourth-order valence-corrected chi connectivity index (χ4v) is 5.60. The van der Waals surface area contributed by atoms with Gasteiger partial charge in [-0.3, -0.25) is 4.79 Å². The number of carbonyl (C=O) groups excluding carboxylic acids is 1. The average molecular weight is 479 g/mol. The van der Waals surface area contributed by atoms with Crippen LogP contribution in [0, 0.1) is 5.92 Å². The maximum atomic E-state index is 13.0. The van der Waals surface area contributed by atoms with Crippen LogP contribution in [0.5, 0.6) is 5.75 Å². The van der Waals surface area contributed by atoms with Crippen LogP contribution in [-0.2, 0) is 21.2 Å². The van der Waals surface area contributed by atoms with E-state index in [2.05, 4.69) is 12.2 Å². The van der Waals surface area contributed by atoms with Crippen LogP contribution in [0.15, 0.2) is 47.4 Å². The van der Waals surface area contributed by atoms with Gasteiger partial charge in [-0.05, 0) is 68.5 Å². The van der Waals surface area contributed by atoms with Gasteiger partial charge in [0.05, 0.1) is 16.5 Å². The number of aryl methyl sites for hydroxylation is 1. The minimum atomic E-state index is -3.68. The molecule has 0 radical (unpaired) electrons. The number of hydrogen-bond acceptors (Lipinski definition) is 4. The Bertz CT molecular complexity index is 1020. The van der Waals surface area contributed by atoms with Gasteiger partial charge in [-0.25, -0.2) is 8.42 Å². The molecule has 1 aliphatic rings. The summed E-state index contributed by atoms with van der Waals surface area (Å²) in [5.74, 6) is 0.180. The van der Waals surface area contributed by atoms with E-state index in [4.69, 9.17) is 16.3 Å². The van der Waals surface area contributed by atoms with Crippen molar-refractivity contribution in [3.63, 3.8) is 0 Å². The van der Waals surface area contributed by atoms with Crippen molar-refractivity contribution in [2.45, 2.75) is 50.8 Å². The number of carbonyl (C=O) groups is 1. The van der Waals surface area contributed by atoms with Gasteiger partial charge in [-0.15, -0.1) is 0 Å². The Hall–Kier alpha value is -2.09. The van der Waals surface area contributed by atoms with Crippen molar-refractivity contribution in [2.24, 2.45) is 5.92 Å². The smallest absolute Gasteiger partial charge is 0.243 e. The molecule has 0 aromatic heterocycles. The fourth-order valence-electron chi connectivity index (χ4n) is 3.80. The highest BCUT2D eigenvalue weighted by Crippen LogP contribution is 2.30. The summed E-state index contributed by atoms with van der Waals surface area (Å²) in [5.41, 5.74) is 2.03. The molecular formula is C24H31ClN2O4S. The van der Waals surface area contributed by atoms with Gasteiger partial charge in [0.25, 0.3) is 0 Å². The van der Waals surface area contributed by atoms with E-state index in [1.54, 1.807) is 6.07 Å². The van der Waals surface area contributed by atoms with Crippen molar-refractivity contribution >= 4 is 33.2 Å². The third-order valence-corrected chi connectivity index (χ3v) is 7.90. The quantitative estimate of drug-likeness (QED) is 0.542. The van der Waals surface area contributed by atoms with E-state index in [1.165, 1.54) is 22.0 Å². The minimum Gasteiger partial charge on any atom is -0.492 e. The largest absolute Gasteiger partial charge is 0.492 e. The Morgan fingerprint density at radius 2 is 1.81 bits per heavy atom. The van der Waals surface area contributed by atoms with Crippen LogP contribution >= 0.6 is 11.6 Å². The highest BCUT2D eigenvalue weighted by Gasteiger charge is 2.32. The second-order valence-corrected chi connectivity index (χ2v) is 10.3. The van der Waals surface area contributed by atoms with Gasteiger partial charge < -0.3 is 10.1 Å². The maximum Gasteiger partial charge on any atom is 0.243 e. The number of halogens is 1. The molecule has 1 aliphatic heterocycles. The molecule has 1 heterocycles. The molecule has 1 saturated heterocycles. The molecule has 6 nitrogen and oxygen atoms in total. The average Bonchev–Trinajstić information content (AvgIpc) is 2.80. The van der Waals surface area contributed by atoms with Gasteiger partial charge >= 0.3 is 0 Å². The van der Waals surface area contributed by atoms with E-state index >= 15 is 0 Å². The summed E-state index contributed by atoms with van der Waals surface area (Å²) in [7, 11) is -3.68. The zero-order valence-corrected chi connectivity index (χ0v) is 20.2. The molecule has 3 rings (SSSR count). The van der Waals surface area contributed by atoms with Crippen molar-refractivity contribution in [2.75, 3.05) is 25.0 Å². The summed E-state index contributed by atoms with van der Waals surface area (Å²) in [5, 5.41) is 3.23. The zero-order chi connectivity index (χ0) is 23.1. The van der Waals surface area contributed by atoms with E-state index in [-0.39, 0.29) is 21.7 Å². The monoisotopic (exact) mass is 478 g/mol. The molecule has 1 N–H and O–H groups in total. The molecule has 1 fully saturated rings. The predicted octanol–water partition coefficient (Wildman–Crippen LogP) is 5.12. The number of sulfonamides is 1. The van der Waals surface area contributed by atoms with Crippen molar-refractivity contribution in [3.8, 4) is 5.75 Å². The normalized spacial score (nSPS) is 15.5. The number of nitrogens with one attached hydrogen (secondary N) is 1. The van der Waals surface area contributed by atoms with Crippen molar-refractivity contribution in [3.05, 3.63) is 53.1 Å². The number of amides is 1. The van der Waals surface area contributed by atoms with E-state index in [1.807, 2.05) is 31.2 Å². The van der Waals surface area contributed by atoms with Gasteiger partial charge in [-0.1, -0.05) is 37.1 Å². The lowest BCUT2D eigenvalue weighted by Crippen LogP contribution is -2.41. The van der Waals surface area contributed by atoms with Gasteiger partial charge in [0, 0.05) is 24.7 Å². The Balaban J connectivity index is 1.57. The topological polar surface area (TPSA) is 75.7 Å². The predicted molar refractivity (Wildman–Crippen MR) is 128 cm³/mol. The maximum absolute atomic E-state index is 13.0. The van der Waals surface area contributed by atoms with Gasteiger partial charge in [0.2, 0.25) is 15.9 Å². The molecule has 8 heteroatoms. The number of rotatable bonds is 9. The van der Waals surface area contributed by atoms with E-state index in [0.29, 0.717) is 38.3 Å². The molecule has 0 bridgehead atoms. The number of hydrogen-bond donors (Lipinski definition) is 1. The lowest BCUT2D eigenvalue weighted by atomic mass is 9.97. The molecular weight excluding hydrogens is 448 g/mol. The number of benzene rings is 2. The summed E-state index contributed by atoms with van der Waals surface area (Å²) in [6.45, 7) is 5.04. The van der Waals surface area contributed by atoms with Crippen molar-refractivity contribution in [1.82, 2.24) is 4.31 Å². The summed E-state index contributed by atoms with van der Waals surface area (Å²) in [4.78, 5) is 12.8. The van der Waals surface area contributed by atoms with E-state index < -0.39 is 10.0 Å². The first-order valence-electron chi connectivity index (χ1n) is 11.2. The first-order chi connectivity index (χ1) is 15.3. The van der Waals surface area contributed by atoms with Crippen LogP contribution in [0.25, 0.3) is 0 Å². The Morgan fingerprint density at radius 1 is 1.12 bits per heavy atom. The summed E-state index contributed by atoms with van der Waals surface area (Å²) in [6.07, 6.45) is 4.29. The molecule has 174 valence electrons. The number of unbranched alkanes of at least 4 members (excludes halogenated alkanes) is 1. The molecule has 0 aliphatic carbocycles. The standard InChI is InChI=1S/C24H31ClN2O4S/c1-3-5-6-18-7-9-20(10-8-18)26-24(28)19-13-15-27(16-14-19)32(29,30)21-11-12-23(31-4-2)22(25)17-21/h7-12,17,19H,3-6,13-16H2,1-2H3,(H,26,28). The van der Waals surface area contributed by atoms with Crippen LogP contribution in [0.4, 0.5) is 5.69 Å². The third-order valence-electron chi connectivity index (χ3n) is 5.71. The van der Waals surface area contributed by atoms with Gasteiger partial charge in [-0.2, -0.15) is 4.31 Å². The number of anilines is 1. The molecule has 0 unspecified atom stereocenters. The second kappa shape index (κ2) is 11.2. The Morgan fingerprint density at radius 3 is 2.41 bits per heavy atom. The van der Waals surface area contributed by atoms with Crippen LogP contribution in [-0.4, -0.2) is 38.3 Å². The minimum absolute atomic E-state index is 0.0625. The highest BCUT2D eigenvalue weighted by atomic mass is 35.5. The van der Waals surface area contributed by atoms with Gasteiger partial charge in [0.1, 0.15) is 5.75 Å². The molecule has 0 atom stereocenters. The molecule has 2 aromatic carbocycles. The van der Waals surface area contributed by atoms with E-state index in [0.717, 1.165) is 24.9 Å². The lowest BCUT2D eigenvalue weighted by Gasteiger charge is -2.30. The summed E-state index contributed by atoms with van der Waals surface area (Å²) in [6, 6.07) is 12.5. The first-order valence-corrected chi connectivity index (χ1v) is 13.0. The summed E-state index contributed by atoms with van der Waals surface area (Å²) < 4.78 is 32.8. The third kappa shape index (κ3) is 6.03. The Labute approximate surface area is 196 Å². The Kier molecular flexibility index (Phi) is 8.57. The first kappa shape index (κ1) is 24.6. The molecule has 2 aromatic rings. The van der Waals surface area contributed by atoms with Crippen LogP contribution in [0.3, 0.4) is 0 Å². The van der Waals surface area contributed by atoms with Crippen LogP contribution in [0.1, 0.15) is 45.1 Å². The molecule has 1 amide bonds. The highest BCUT2D eigenvalue weighted by molar-refractivity contribution is 7.89. The zero-order valence-electron chi connectivity index (χ0n) is 18.6. The number of nitrogens with zero attached hydrogens (tertiary/aromatic N) is 1. The van der Waals surface area contributed by atoms with E-state index in [9.17, 15) is 13.2 Å². The summed E-state index contributed by atoms with van der Waals surface area (Å²) >= 11 is 6.17. The molecule has 0 spiro atoms. The molecule has 32 heavy (non-hydrogen) atoms. The second-order valence-electron chi connectivity index (χ2n) is 7.99. The van der Waals surface area contributed by atoms with Gasteiger partial charge in [0.15, 0.2) is 0 Å². The van der Waals surface area contributed by atoms with Crippen LogP contribution < -0.4 is 10.1 Å². The van der Waals surface area contributed by atoms with Crippen LogP contribution in [0.2, 0.25) is 5.02 Å². The van der Waals surface area contributed by atoms with Crippen molar-refractivity contribution in [1.29, 1.82) is 0 Å².